The van der Waals surface area contributed by atoms with E-state index in [1.54, 1.807) is 32.9 Å². The number of phenols is 1. The molecule has 9 heteroatoms. The first-order valence-electron chi connectivity index (χ1n) is 12.0. The summed E-state index contributed by atoms with van der Waals surface area (Å²) in [5, 5.41) is 35.7. The van der Waals surface area contributed by atoms with E-state index in [9.17, 15) is 39.3 Å². The highest BCUT2D eigenvalue weighted by atomic mass is 16.3. The smallest absolute Gasteiger partial charge is 0.238 e. The molecule has 2 fully saturated rings. The van der Waals surface area contributed by atoms with Gasteiger partial charge in [0.15, 0.2) is 34.7 Å². The lowest BCUT2D eigenvalue weighted by Gasteiger charge is -2.53. The van der Waals surface area contributed by atoms with Gasteiger partial charge in [0.1, 0.15) is 5.75 Å². The van der Waals surface area contributed by atoms with Crippen LogP contribution in [-0.2, 0) is 19.2 Å². The fraction of sp³-hybridized carbons (Fsp3) is 0.577. The number of nitrogens with one attached hydrogen (secondary N) is 1. The monoisotopic (exact) mass is 485 g/mol. The van der Waals surface area contributed by atoms with E-state index in [2.05, 4.69) is 5.32 Å². The van der Waals surface area contributed by atoms with Gasteiger partial charge >= 0.3 is 0 Å². The minimum absolute atomic E-state index is 0.0845. The van der Waals surface area contributed by atoms with E-state index in [4.69, 9.17) is 0 Å². The highest BCUT2D eigenvalue weighted by molar-refractivity contribution is 6.31. The Hall–Kier alpha value is -2.91. The van der Waals surface area contributed by atoms with Crippen LogP contribution in [0.4, 0.5) is 0 Å². The molecular formula is C26H31NO8. The molecule has 3 aliphatic rings. The third kappa shape index (κ3) is 3.55. The summed E-state index contributed by atoms with van der Waals surface area (Å²) in [6.07, 6.45) is -0.796. The van der Waals surface area contributed by atoms with Crippen LogP contribution in [0.15, 0.2) is 18.2 Å². The number of amides is 1. The van der Waals surface area contributed by atoms with Crippen molar-refractivity contribution < 1.29 is 39.3 Å². The van der Waals surface area contributed by atoms with E-state index >= 15 is 0 Å². The van der Waals surface area contributed by atoms with Crippen LogP contribution in [0, 0.1) is 23.7 Å². The normalized spacial score (nSPS) is 34.7. The average molecular weight is 486 g/mol. The largest absolute Gasteiger partial charge is 0.507 e. The maximum absolute atomic E-state index is 13.7. The molecule has 0 spiro atoms. The molecule has 4 N–H and O–H groups in total. The van der Waals surface area contributed by atoms with Gasteiger partial charge in [-0.3, -0.25) is 24.0 Å². The van der Waals surface area contributed by atoms with Gasteiger partial charge < -0.3 is 20.6 Å². The Labute approximate surface area is 202 Å². The van der Waals surface area contributed by atoms with Crippen molar-refractivity contribution in [2.45, 2.75) is 70.1 Å². The number of ketones is 4. The standard InChI is InChI=1S/C26H31NO8/c1-5-9-25(3,4)27-24(34)18-15(29)10-13-20(30)16-11(2)12-7-6-8-14(28)17(12)21(31)19(16)23(33)26(13,35)22(18)32/h6-8,11,13,16,18-20,28,30,35H,5,9-10H2,1-4H3,(H,27,34)/t11-,13+,16+,18?,19?,20+,26+/m0/s1. The number of aliphatic hydroxyl groups excluding tert-OH is 1. The minimum Gasteiger partial charge on any atom is -0.507 e. The topological polar surface area (TPSA) is 158 Å². The number of hydrogen-bond acceptors (Lipinski definition) is 8. The molecule has 9 nitrogen and oxygen atoms in total. The lowest BCUT2D eigenvalue weighted by molar-refractivity contribution is -0.189. The molecule has 4 rings (SSSR count). The van der Waals surface area contributed by atoms with E-state index in [1.165, 1.54) is 6.07 Å². The number of phenolic OH excluding ortho intramolecular Hbond substituents is 1. The van der Waals surface area contributed by atoms with Gasteiger partial charge in [-0.15, -0.1) is 0 Å². The molecule has 0 radical (unpaired) electrons. The minimum atomic E-state index is -2.87. The zero-order chi connectivity index (χ0) is 26.0. The summed E-state index contributed by atoms with van der Waals surface area (Å²) < 4.78 is 0. The van der Waals surface area contributed by atoms with Crippen LogP contribution in [-0.4, -0.2) is 61.6 Å². The highest BCUT2D eigenvalue weighted by Gasteiger charge is 2.70. The van der Waals surface area contributed by atoms with Gasteiger partial charge in [0.2, 0.25) is 5.91 Å². The molecule has 0 heterocycles. The summed E-state index contributed by atoms with van der Waals surface area (Å²) >= 11 is 0. The lowest BCUT2D eigenvalue weighted by atomic mass is 9.50. The first-order chi connectivity index (χ1) is 16.3. The lowest BCUT2D eigenvalue weighted by Crippen LogP contribution is -2.72. The Morgan fingerprint density at radius 2 is 1.83 bits per heavy atom. The summed E-state index contributed by atoms with van der Waals surface area (Å²) in [5.41, 5.74) is -3.25. The fourth-order valence-electron chi connectivity index (χ4n) is 6.39. The van der Waals surface area contributed by atoms with Crippen LogP contribution in [0.1, 0.15) is 68.8 Å². The molecule has 35 heavy (non-hydrogen) atoms. The Bertz CT molecular complexity index is 1140. The first kappa shape index (κ1) is 25.2. The molecule has 7 atom stereocenters. The van der Waals surface area contributed by atoms with Crippen LogP contribution >= 0.6 is 0 Å². The molecule has 0 saturated heterocycles. The predicted molar refractivity (Wildman–Crippen MR) is 123 cm³/mol. The van der Waals surface area contributed by atoms with Gasteiger partial charge in [0.25, 0.3) is 0 Å². The molecule has 2 saturated carbocycles. The summed E-state index contributed by atoms with van der Waals surface area (Å²) in [4.78, 5) is 66.5. The quantitative estimate of drug-likeness (QED) is 0.461. The average Bonchev–Trinajstić information content (AvgIpc) is 2.76. The number of Topliss-reactive ketones (excluding diaryl/α,β-unsaturated/α-hetero) is 4. The van der Waals surface area contributed by atoms with Crippen LogP contribution in [0.3, 0.4) is 0 Å². The zero-order valence-electron chi connectivity index (χ0n) is 20.2. The molecular weight excluding hydrogens is 454 g/mol. The van der Waals surface area contributed by atoms with Gasteiger partial charge in [-0.25, -0.2) is 0 Å². The number of carbonyl (C=O) groups excluding carboxylic acids is 5. The maximum atomic E-state index is 13.7. The molecule has 0 aliphatic heterocycles. The number of rotatable bonds is 4. The molecule has 1 aromatic carbocycles. The second kappa shape index (κ2) is 8.34. The summed E-state index contributed by atoms with van der Waals surface area (Å²) in [6, 6.07) is 4.46. The Balaban J connectivity index is 1.76. The van der Waals surface area contributed by atoms with Gasteiger partial charge in [0.05, 0.1) is 17.6 Å². The van der Waals surface area contributed by atoms with E-state index < -0.39 is 82.3 Å². The number of aromatic hydroxyl groups is 1. The number of carbonyl (C=O) groups is 5. The second-order valence-corrected chi connectivity index (χ2v) is 10.8. The number of hydrogen-bond donors (Lipinski definition) is 4. The van der Waals surface area contributed by atoms with Crippen molar-refractivity contribution in [1.82, 2.24) is 5.32 Å². The molecule has 1 amide bonds. The van der Waals surface area contributed by atoms with E-state index in [0.717, 1.165) is 6.42 Å². The summed E-state index contributed by atoms with van der Waals surface area (Å²) in [5.74, 6) is -11.8. The predicted octanol–water partition coefficient (Wildman–Crippen LogP) is 1.07. The number of benzene rings is 1. The van der Waals surface area contributed by atoms with Gasteiger partial charge in [-0.05, 0) is 37.8 Å². The van der Waals surface area contributed by atoms with Gasteiger partial charge in [-0.2, -0.15) is 0 Å². The Morgan fingerprint density at radius 1 is 1.17 bits per heavy atom. The second-order valence-electron chi connectivity index (χ2n) is 10.8. The molecule has 3 aliphatic carbocycles. The third-order valence-corrected chi connectivity index (χ3v) is 8.04. The molecule has 1 aromatic rings. The van der Waals surface area contributed by atoms with Crippen molar-refractivity contribution in [3.63, 3.8) is 0 Å². The number of aliphatic hydroxyl groups is 2. The van der Waals surface area contributed by atoms with Gasteiger partial charge in [0, 0.05) is 23.8 Å². The maximum Gasteiger partial charge on any atom is 0.238 e. The van der Waals surface area contributed by atoms with Crippen LogP contribution in [0.25, 0.3) is 0 Å². The third-order valence-electron chi connectivity index (χ3n) is 8.04. The van der Waals surface area contributed by atoms with Crippen molar-refractivity contribution >= 4 is 29.0 Å². The first-order valence-corrected chi connectivity index (χ1v) is 12.0. The van der Waals surface area contributed by atoms with Crippen molar-refractivity contribution in [1.29, 1.82) is 0 Å². The number of fused-ring (bicyclic) bond motifs is 3. The summed E-state index contributed by atoms with van der Waals surface area (Å²) in [6.45, 7) is 7.06. The van der Waals surface area contributed by atoms with Crippen molar-refractivity contribution in [3.05, 3.63) is 29.3 Å². The van der Waals surface area contributed by atoms with Crippen molar-refractivity contribution in [2.24, 2.45) is 23.7 Å². The Kier molecular flexibility index (Phi) is 6.00. The molecule has 188 valence electrons. The van der Waals surface area contributed by atoms with Crippen molar-refractivity contribution in [2.75, 3.05) is 0 Å². The highest BCUT2D eigenvalue weighted by Crippen LogP contribution is 2.53. The van der Waals surface area contributed by atoms with E-state index in [1.807, 2.05) is 6.92 Å². The van der Waals surface area contributed by atoms with E-state index in [-0.39, 0.29) is 11.3 Å². The Morgan fingerprint density at radius 3 is 2.46 bits per heavy atom. The molecule has 0 aromatic heterocycles. The van der Waals surface area contributed by atoms with E-state index in [0.29, 0.717) is 12.0 Å². The van der Waals surface area contributed by atoms with Crippen LogP contribution in [0.5, 0.6) is 5.75 Å². The fourth-order valence-corrected chi connectivity index (χ4v) is 6.39. The SMILES string of the molecule is CCCC(C)(C)NC(=O)C1C(=O)C[C@@H]2[C@@H](O)[C@H]3C(C(=O)c4c(O)cccc4[C@@H]3C)C(=O)[C@]2(O)C1=O. The molecule has 0 bridgehead atoms. The van der Waals surface area contributed by atoms with Crippen LogP contribution < -0.4 is 5.32 Å². The van der Waals surface area contributed by atoms with Crippen LogP contribution in [0.2, 0.25) is 0 Å². The zero-order valence-corrected chi connectivity index (χ0v) is 20.2. The molecule has 2 unspecified atom stereocenters. The van der Waals surface area contributed by atoms with Crippen molar-refractivity contribution in [3.8, 4) is 5.75 Å². The summed E-state index contributed by atoms with van der Waals surface area (Å²) in [7, 11) is 0. The van der Waals surface area contributed by atoms with Gasteiger partial charge in [-0.1, -0.05) is 32.4 Å².